The first-order chi connectivity index (χ1) is 16.1. The lowest BCUT2D eigenvalue weighted by molar-refractivity contribution is 0.00578. The van der Waals surface area contributed by atoms with E-state index >= 15 is 0 Å². The highest BCUT2D eigenvalue weighted by atomic mass is 16.7. The predicted octanol–water partition coefficient (Wildman–Crippen LogP) is 6.10. The highest BCUT2D eigenvalue weighted by Crippen LogP contribution is 2.36. The van der Waals surface area contributed by atoms with Crippen molar-refractivity contribution in [3.05, 3.63) is 60.0 Å². The van der Waals surface area contributed by atoms with Gasteiger partial charge in [-0.15, -0.1) is 0 Å². The average molecular weight is 471 g/mol. The molecular weight excluding hydrogens is 433 g/mol. The molecule has 0 bridgehead atoms. The molecule has 5 nitrogen and oxygen atoms in total. The van der Waals surface area contributed by atoms with Crippen molar-refractivity contribution >= 4 is 12.6 Å². The van der Waals surface area contributed by atoms with Crippen LogP contribution < -0.4 is 5.46 Å². The van der Waals surface area contributed by atoms with Crippen LogP contribution in [0.3, 0.4) is 0 Å². The first kappa shape index (κ1) is 25.5. The molecule has 1 saturated heterocycles. The minimum Gasteiger partial charge on any atom is -0.399 e. The molecule has 3 heterocycles. The molecule has 0 atom stereocenters. The number of hydrogen-bond acceptors (Lipinski definition) is 5. The summed E-state index contributed by atoms with van der Waals surface area (Å²) in [4.78, 5) is 14.5. The van der Waals surface area contributed by atoms with Crippen LogP contribution in [-0.4, -0.2) is 33.3 Å². The maximum absolute atomic E-state index is 6.18. The van der Waals surface area contributed by atoms with Crippen molar-refractivity contribution in [2.75, 3.05) is 0 Å². The van der Waals surface area contributed by atoms with Crippen LogP contribution in [0.15, 0.2) is 48.7 Å². The molecule has 0 unspecified atom stereocenters. The van der Waals surface area contributed by atoms with Gasteiger partial charge in [0.15, 0.2) is 5.82 Å². The molecule has 6 heteroatoms. The van der Waals surface area contributed by atoms with E-state index in [-0.39, 0.29) is 29.2 Å². The zero-order valence-corrected chi connectivity index (χ0v) is 22.9. The summed E-state index contributed by atoms with van der Waals surface area (Å²) >= 11 is 0. The summed E-state index contributed by atoms with van der Waals surface area (Å²) in [6.45, 7) is 21.4. The molecule has 2 aromatic heterocycles. The van der Waals surface area contributed by atoms with Crippen LogP contribution in [0, 0.1) is 0 Å². The van der Waals surface area contributed by atoms with Crippen LogP contribution in [0.2, 0.25) is 0 Å². The minimum absolute atomic E-state index is 0.0655. The molecule has 1 fully saturated rings. The van der Waals surface area contributed by atoms with Crippen LogP contribution in [0.5, 0.6) is 0 Å². The zero-order chi connectivity index (χ0) is 25.8. The lowest BCUT2D eigenvalue weighted by Crippen LogP contribution is -2.41. The molecule has 1 aliphatic heterocycles. The SMILES string of the molecule is CC(C)(C)c1cc(C(C)(C)C)nc(-c2ccc(-c3ccc(B4OC(C)(C)C(C)(C)O4)cc3)nc2)n1. The lowest BCUT2D eigenvalue weighted by atomic mass is 9.79. The molecule has 0 saturated carbocycles. The first-order valence-corrected chi connectivity index (χ1v) is 12.4. The molecular formula is C29H38BN3O2. The monoisotopic (exact) mass is 471 g/mol. The summed E-state index contributed by atoms with van der Waals surface area (Å²) in [5.41, 5.74) is 5.09. The zero-order valence-electron chi connectivity index (χ0n) is 22.9. The Morgan fingerprint density at radius 3 is 1.60 bits per heavy atom. The Hall–Kier alpha value is -2.57. The molecule has 0 amide bonds. The van der Waals surface area contributed by atoms with E-state index in [9.17, 15) is 0 Å². The number of pyridine rings is 1. The van der Waals surface area contributed by atoms with Gasteiger partial charge in [0.25, 0.3) is 0 Å². The fraction of sp³-hybridized carbons (Fsp3) is 0.483. The van der Waals surface area contributed by atoms with E-state index in [1.165, 1.54) is 0 Å². The van der Waals surface area contributed by atoms with Crippen LogP contribution >= 0.6 is 0 Å². The van der Waals surface area contributed by atoms with Crippen molar-refractivity contribution in [1.29, 1.82) is 0 Å². The van der Waals surface area contributed by atoms with Gasteiger partial charge in [-0.05, 0) is 51.4 Å². The van der Waals surface area contributed by atoms with Gasteiger partial charge in [0.1, 0.15) is 0 Å². The molecule has 0 aliphatic carbocycles. The summed E-state index contributed by atoms with van der Waals surface area (Å²) in [6, 6.07) is 14.5. The minimum atomic E-state index is -0.367. The Morgan fingerprint density at radius 1 is 0.686 bits per heavy atom. The molecule has 1 aromatic carbocycles. The molecule has 0 radical (unpaired) electrons. The topological polar surface area (TPSA) is 57.1 Å². The fourth-order valence-corrected chi connectivity index (χ4v) is 3.83. The molecule has 3 aromatic rings. The molecule has 0 spiro atoms. The largest absolute Gasteiger partial charge is 0.494 e. The molecule has 0 N–H and O–H groups in total. The van der Waals surface area contributed by atoms with Gasteiger partial charge in [0.05, 0.1) is 28.3 Å². The third-order valence-corrected chi connectivity index (χ3v) is 7.02. The maximum atomic E-state index is 6.18. The van der Waals surface area contributed by atoms with Crippen molar-refractivity contribution < 1.29 is 9.31 Å². The summed E-state index contributed by atoms with van der Waals surface area (Å²) < 4.78 is 12.4. The van der Waals surface area contributed by atoms with E-state index in [2.05, 4.69) is 106 Å². The van der Waals surface area contributed by atoms with Gasteiger partial charge >= 0.3 is 7.12 Å². The van der Waals surface area contributed by atoms with E-state index in [4.69, 9.17) is 24.3 Å². The maximum Gasteiger partial charge on any atom is 0.494 e. The standard InChI is InChI=1S/C29H38BN3O2/c1-26(2,3)23-17-24(27(4,5)6)33-25(32-23)20-13-16-22(31-18-20)19-11-14-21(15-12-19)30-34-28(7,8)29(9,10)35-30/h11-18H,1-10H3. The van der Waals surface area contributed by atoms with E-state index in [1.54, 1.807) is 0 Å². The van der Waals surface area contributed by atoms with Gasteiger partial charge in [-0.2, -0.15) is 0 Å². The van der Waals surface area contributed by atoms with E-state index in [1.807, 2.05) is 12.3 Å². The average Bonchev–Trinajstić information content (AvgIpc) is 2.99. The highest BCUT2D eigenvalue weighted by Gasteiger charge is 2.51. The highest BCUT2D eigenvalue weighted by molar-refractivity contribution is 6.62. The predicted molar refractivity (Wildman–Crippen MR) is 144 cm³/mol. The summed E-state index contributed by atoms with van der Waals surface area (Å²) in [6.07, 6.45) is 1.87. The smallest absolute Gasteiger partial charge is 0.399 e. The Balaban J connectivity index is 1.59. The second-order valence-corrected chi connectivity index (χ2v) is 12.6. The Bertz CT molecular complexity index is 1160. The van der Waals surface area contributed by atoms with Crippen molar-refractivity contribution in [3.63, 3.8) is 0 Å². The Kier molecular flexibility index (Phi) is 6.22. The number of hydrogen-bond donors (Lipinski definition) is 0. The second-order valence-electron chi connectivity index (χ2n) is 12.6. The van der Waals surface area contributed by atoms with Crippen molar-refractivity contribution in [2.24, 2.45) is 0 Å². The molecule has 1 aliphatic rings. The van der Waals surface area contributed by atoms with Gasteiger partial charge in [-0.3, -0.25) is 4.98 Å². The van der Waals surface area contributed by atoms with Crippen LogP contribution in [0.4, 0.5) is 0 Å². The van der Waals surface area contributed by atoms with Gasteiger partial charge in [-0.25, -0.2) is 9.97 Å². The number of aromatic nitrogens is 3. The van der Waals surface area contributed by atoms with Crippen molar-refractivity contribution in [1.82, 2.24) is 15.0 Å². The molecule has 184 valence electrons. The number of benzene rings is 1. The third-order valence-electron chi connectivity index (χ3n) is 7.02. The van der Waals surface area contributed by atoms with Gasteiger partial charge in [0.2, 0.25) is 0 Å². The summed E-state index contributed by atoms with van der Waals surface area (Å²) in [5.74, 6) is 0.720. The van der Waals surface area contributed by atoms with E-state index in [0.717, 1.165) is 39.5 Å². The van der Waals surface area contributed by atoms with Crippen LogP contribution in [0.1, 0.15) is 80.6 Å². The quantitative estimate of drug-likeness (QED) is 0.432. The van der Waals surface area contributed by atoms with Crippen LogP contribution in [-0.2, 0) is 20.1 Å². The second kappa shape index (κ2) is 8.53. The fourth-order valence-electron chi connectivity index (χ4n) is 3.83. The molecule has 35 heavy (non-hydrogen) atoms. The van der Waals surface area contributed by atoms with Crippen molar-refractivity contribution in [3.8, 4) is 22.6 Å². The third kappa shape index (κ3) is 5.19. The van der Waals surface area contributed by atoms with E-state index < -0.39 is 0 Å². The van der Waals surface area contributed by atoms with Gasteiger partial charge in [-0.1, -0.05) is 65.8 Å². The lowest BCUT2D eigenvalue weighted by Gasteiger charge is -2.32. The Morgan fingerprint density at radius 2 is 1.17 bits per heavy atom. The van der Waals surface area contributed by atoms with E-state index in [0.29, 0.717) is 0 Å². The summed E-state index contributed by atoms with van der Waals surface area (Å²) in [7, 11) is -0.367. The first-order valence-electron chi connectivity index (χ1n) is 12.4. The van der Waals surface area contributed by atoms with Crippen molar-refractivity contribution in [2.45, 2.75) is 91.3 Å². The number of rotatable bonds is 3. The molecule has 4 rings (SSSR count). The normalized spacial score (nSPS) is 17.6. The van der Waals surface area contributed by atoms with Gasteiger partial charge in [0, 0.05) is 28.2 Å². The van der Waals surface area contributed by atoms with Gasteiger partial charge < -0.3 is 9.31 Å². The number of nitrogens with zero attached hydrogens (tertiary/aromatic N) is 3. The van der Waals surface area contributed by atoms with Crippen LogP contribution in [0.25, 0.3) is 22.6 Å². The summed E-state index contributed by atoms with van der Waals surface area (Å²) in [5, 5.41) is 0. The Labute approximate surface area is 210 Å².